The van der Waals surface area contributed by atoms with Crippen LogP contribution in [0.2, 0.25) is 0 Å². The van der Waals surface area contributed by atoms with Crippen LogP contribution in [-0.4, -0.2) is 43.2 Å². The van der Waals surface area contributed by atoms with Gasteiger partial charge in [-0.1, -0.05) is 30.3 Å². The molecule has 0 unspecified atom stereocenters. The quantitative estimate of drug-likeness (QED) is 0.825. The molecule has 1 aliphatic rings. The molecule has 0 amide bonds. The van der Waals surface area contributed by atoms with Gasteiger partial charge in [0.2, 0.25) is 0 Å². The van der Waals surface area contributed by atoms with E-state index in [1.54, 1.807) is 0 Å². The van der Waals surface area contributed by atoms with Crippen LogP contribution in [0.15, 0.2) is 30.3 Å². The fourth-order valence-corrected chi connectivity index (χ4v) is 2.49. The summed E-state index contributed by atoms with van der Waals surface area (Å²) in [6, 6.07) is 10.6. The standard InChI is InChI=1S/C15H25N3/c1-15(2,18-10-8-16-9-11-18)13-17-12-14-6-4-3-5-7-14/h3-7,16-17H,8-13H2,1-2H3. The van der Waals surface area contributed by atoms with E-state index in [2.05, 4.69) is 59.7 Å². The van der Waals surface area contributed by atoms with Crippen LogP contribution in [0.1, 0.15) is 19.4 Å². The van der Waals surface area contributed by atoms with Gasteiger partial charge in [-0.25, -0.2) is 0 Å². The van der Waals surface area contributed by atoms with E-state index < -0.39 is 0 Å². The normalized spacial score (nSPS) is 17.9. The summed E-state index contributed by atoms with van der Waals surface area (Å²) in [6.45, 7) is 11.2. The summed E-state index contributed by atoms with van der Waals surface area (Å²) in [5.74, 6) is 0. The van der Waals surface area contributed by atoms with Crippen LogP contribution in [0.5, 0.6) is 0 Å². The molecule has 1 fully saturated rings. The molecule has 2 N–H and O–H groups in total. The highest BCUT2D eigenvalue weighted by Crippen LogP contribution is 2.14. The molecule has 0 bridgehead atoms. The van der Waals surface area contributed by atoms with Gasteiger partial charge in [-0.3, -0.25) is 4.90 Å². The molecule has 1 heterocycles. The van der Waals surface area contributed by atoms with E-state index in [0.29, 0.717) is 0 Å². The van der Waals surface area contributed by atoms with Gasteiger partial charge in [0.15, 0.2) is 0 Å². The number of hydrogen-bond donors (Lipinski definition) is 2. The topological polar surface area (TPSA) is 27.3 Å². The van der Waals surface area contributed by atoms with E-state index in [1.807, 2.05) is 0 Å². The van der Waals surface area contributed by atoms with Gasteiger partial charge in [-0.05, 0) is 19.4 Å². The molecule has 0 atom stereocenters. The van der Waals surface area contributed by atoms with Crippen molar-refractivity contribution in [1.29, 1.82) is 0 Å². The first-order chi connectivity index (χ1) is 8.68. The molecule has 0 aliphatic carbocycles. The minimum atomic E-state index is 0.233. The molecule has 0 aromatic heterocycles. The summed E-state index contributed by atoms with van der Waals surface area (Å²) < 4.78 is 0. The van der Waals surface area contributed by atoms with Crippen LogP contribution >= 0.6 is 0 Å². The predicted octanol–water partition coefficient (Wildman–Crippen LogP) is 1.46. The van der Waals surface area contributed by atoms with Gasteiger partial charge in [0.25, 0.3) is 0 Å². The van der Waals surface area contributed by atoms with Crippen molar-refractivity contribution in [2.75, 3.05) is 32.7 Å². The van der Waals surface area contributed by atoms with Crippen LogP contribution in [-0.2, 0) is 6.54 Å². The number of benzene rings is 1. The molecule has 0 radical (unpaired) electrons. The Morgan fingerprint density at radius 2 is 1.83 bits per heavy atom. The SMILES string of the molecule is CC(C)(CNCc1ccccc1)N1CCNCC1. The first kappa shape index (κ1) is 13.5. The summed E-state index contributed by atoms with van der Waals surface area (Å²) >= 11 is 0. The second kappa shape index (κ2) is 6.32. The van der Waals surface area contributed by atoms with Crippen molar-refractivity contribution in [3.63, 3.8) is 0 Å². The van der Waals surface area contributed by atoms with Crippen molar-refractivity contribution in [1.82, 2.24) is 15.5 Å². The van der Waals surface area contributed by atoms with Gasteiger partial charge >= 0.3 is 0 Å². The fraction of sp³-hybridized carbons (Fsp3) is 0.600. The molecule has 1 aromatic carbocycles. The Balaban J connectivity index is 1.77. The number of nitrogens with one attached hydrogen (secondary N) is 2. The largest absolute Gasteiger partial charge is 0.314 e. The predicted molar refractivity (Wildman–Crippen MR) is 76.7 cm³/mol. The molecular formula is C15H25N3. The van der Waals surface area contributed by atoms with Crippen molar-refractivity contribution < 1.29 is 0 Å². The second-order valence-electron chi connectivity index (χ2n) is 5.64. The number of hydrogen-bond acceptors (Lipinski definition) is 3. The molecule has 0 saturated carbocycles. The molecule has 100 valence electrons. The number of piperazine rings is 1. The van der Waals surface area contributed by atoms with Crippen molar-refractivity contribution in [2.45, 2.75) is 25.9 Å². The Morgan fingerprint density at radius 1 is 1.17 bits per heavy atom. The lowest BCUT2D eigenvalue weighted by atomic mass is 10.0. The maximum absolute atomic E-state index is 3.58. The van der Waals surface area contributed by atoms with Gasteiger partial charge < -0.3 is 10.6 Å². The molecule has 3 heteroatoms. The minimum absolute atomic E-state index is 0.233. The first-order valence-corrected chi connectivity index (χ1v) is 6.89. The van der Waals surface area contributed by atoms with Crippen LogP contribution in [0.4, 0.5) is 0 Å². The maximum atomic E-state index is 3.58. The molecule has 1 aliphatic heterocycles. The zero-order chi connectivity index (χ0) is 12.8. The number of rotatable bonds is 5. The Bertz CT molecular complexity index is 342. The zero-order valence-electron chi connectivity index (χ0n) is 11.6. The number of nitrogens with zero attached hydrogens (tertiary/aromatic N) is 1. The lowest BCUT2D eigenvalue weighted by Crippen LogP contribution is -2.57. The van der Waals surface area contributed by atoms with Crippen molar-refractivity contribution in [3.05, 3.63) is 35.9 Å². The lowest BCUT2D eigenvalue weighted by molar-refractivity contribution is 0.102. The minimum Gasteiger partial charge on any atom is -0.314 e. The Kier molecular flexibility index (Phi) is 4.75. The molecule has 18 heavy (non-hydrogen) atoms. The monoisotopic (exact) mass is 247 g/mol. The van der Waals surface area contributed by atoms with Crippen molar-refractivity contribution in [3.8, 4) is 0 Å². The summed E-state index contributed by atoms with van der Waals surface area (Å²) in [5, 5.41) is 6.98. The van der Waals surface area contributed by atoms with Crippen LogP contribution in [0.3, 0.4) is 0 Å². The Morgan fingerprint density at radius 3 is 2.50 bits per heavy atom. The summed E-state index contributed by atoms with van der Waals surface area (Å²) in [6.07, 6.45) is 0. The highest BCUT2D eigenvalue weighted by Gasteiger charge is 2.27. The highest BCUT2D eigenvalue weighted by molar-refractivity contribution is 5.14. The maximum Gasteiger partial charge on any atom is 0.0278 e. The van der Waals surface area contributed by atoms with E-state index in [-0.39, 0.29) is 5.54 Å². The van der Waals surface area contributed by atoms with E-state index in [9.17, 15) is 0 Å². The van der Waals surface area contributed by atoms with Crippen molar-refractivity contribution >= 4 is 0 Å². The molecule has 1 aromatic rings. The first-order valence-electron chi connectivity index (χ1n) is 6.89. The van der Waals surface area contributed by atoms with Crippen LogP contribution in [0.25, 0.3) is 0 Å². The van der Waals surface area contributed by atoms with Crippen molar-refractivity contribution in [2.24, 2.45) is 0 Å². The molecular weight excluding hydrogens is 222 g/mol. The Labute approximate surface area is 111 Å². The van der Waals surface area contributed by atoms with E-state index >= 15 is 0 Å². The average Bonchev–Trinajstić information content (AvgIpc) is 2.41. The van der Waals surface area contributed by atoms with E-state index in [1.165, 1.54) is 5.56 Å². The van der Waals surface area contributed by atoms with Gasteiger partial charge in [0.05, 0.1) is 0 Å². The summed E-state index contributed by atoms with van der Waals surface area (Å²) in [5.41, 5.74) is 1.59. The van der Waals surface area contributed by atoms with Crippen LogP contribution in [0, 0.1) is 0 Å². The van der Waals surface area contributed by atoms with Crippen LogP contribution < -0.4 is 10.6 Å². The fourth-order valence-electron chi connectivity index (χ4n) is 2.49. The van der Waals surface area contributed by atoms with Gasteiger partial charge in [0, 0.05) is 44.8 Å². The van der Waals surface area contributed by atoms with Gasteiger partial charge in [0.1, 0.15) is 0 Å². The van der Waals surface area contributed by atoms with E-state index in [0.717, 1.165) is 39.3 Å². The van der Waals surface area contributed by atoms with E-state index in [4.69, 9.17) is 0 Å². The third kappa shape index (κ3) is 3.80. The molecule has 3 nitrogen and oxygen atoms in total. The average molecular weight is 247 g/mol. The molecule has 1 saturated heterocycles. The third-order valence-corrected chi connectivity index (χ3v) is 3.70. The van der Waals surface area contributed by atoms with Gasteiger partial charge in [-0.15, -0.1) is 0 Å². The third-order valence-electron chi connectivity index (χ3n) is 3.70. The van der Waals surface area contributed by atoms with Gasteiger partial charge in [-0.2, -0.15) is 0 Å². The molecule has 2 rings (SSSR count). The Hall–Kier alpha value is -0.900. The molecule has 0 spiro atoms. The smallest absolute Gasteiger partial charge is 0.0278 e. The zero-order valence-corrected chi connectivity index (χ0v) is 11.6. The summed E-state index contributed by atoms with van der Waals surface area (Å²) in [7, 11) is 0. The highest BCUT2D eigenvalue weighted by atomic mass is 15.2. The lowest BCUT2D eigenvalue weighted by Gasteiger charge is -2.41. The summed E-state index contributed by atoms with van der Waals surface area (Å²) in [4.78, 5) is 2.57. The second-order valence-corrected chi connectivity index (χ2v) is 5.64.